The number of amides is 1. The lowest BCUT2D eigenvalue weighted by atomic mass is 10.0. The molecule has 0 atom stereocenters. The van der Waals surface area contributed by atoms with E-state index >= 15 is 0 Å². The van der Waals surface area contributed by atoms with Crippen molar-refractivity contribution in [3.8, 4) is 28.3 Å². The van der Waals surface area contributed by atoms with Crippen LogP contribution in [-0.4, -0.2) is 33.0 Å². The fourth-order valence-electron chi connectivity index (χ4n) is 4.15. The van der Waals surface area contributed by atoms with Gasteiger partial charge >= 0.3 is 0 Å². The Morgan fingerprint density at radius 3 is 2.71 bits per heavy atom. The predicted octanol–water partition coefficient (Wildman–Crippen LogP) is 5.40. The Morgan fingerprint density at radius 2 is 1.84 bits per heavy atom. The summed E-state index contributed by atoms with van der Waals surface area (Å²) >= 11 is 0.866. The fraction of sp³-hybridized carbons (Fsp3) is 0.0741. The summed E-state index contributed by atoms with van der Waals surface area (Å²) in [7, 11) is 1.46. The second kappa shape index (κ2) is 9.67. The van der Waals surface area contributed by atoms with E-state index in [-0.39, 0.29) is 22.9 Å². The molecular weight excluding hydrogens is 510 g/mol. The van der Waals surface area contributed by atoms with Gasteiger partial charge < -0.3 is 14.8 Å². The molecule has 6 rings (SSSR count). The average Bonchev–Trinajstić information content (AvgIpc) is 2.94. The molecule has 2 N–H and O–H groups in total. The maximum atomic E-state index is 14.6. The number of nitrogens with one attached hydrogen (secondary N) is 2. The maximum Gasteiger partial charge on any atom is 0.254 e. The number of methoxy groups -OCH3 is 1. The van der Waals surface area contributed by atoms with Crippen LogP contribution >= 0.6 is 11.9 Å². The van der Waals surface area contributed by atoms with E-state index in [4.69, 9.17) is 9.72 Å². The lowest BCUT2D eigenvalue weighted by molar-refractivity contribution is 0.0946. The van der Waals surface area contributed by atoms with Crippen LogP contribution in [0.5, 0.6) is 5.88 Å². The van der Waals surface area contributed by atoms with Crippen molar-refractivity contribution in [2.45, 2.75) is 11.4 Å². The van der Waals surface area contributed by atoms with Gasteiger partial charge in [0.25, 0.3) is 5.91 Å². The van der Waals surface area contributed by atoms with Crippen molar-refractivity contribution in [2.24, 2.45) is 0 Å². The Kier molecular flexibility index (Phi) is 6.04. The molecule has 0 fully saturated rings. The van der Waals surface area contributed by atoms with Crippen molar-refractivity contribution in [1.29, 1.82) is 0 Å². The number of carbonyl (C=O) groups excluding carboxylic acids is 1. The Morgan fingerprint density at radius 1 is 0.947 bits per heavy atom. The molecule has 5 heterocycles. The normalized spacial score (nSPS) is 12.9. The van der Waals surface area contributed by atoms with Gasteiger partial charge in [-0.05, 0) is 53.9 Å². The first-order valence-corrected chi connectivity index (χ1v) is 12.3. The molecule has 11 heteroatoms. The second-order valence-electron chi connectivity index (χ2n) is 8.43. The number of hydrogen-bond donors (Lipinski definition) is 2. The van der Waals surface area contributed by atoms with Crippen LogP contribution in [-0.2, 0) is 6.54 Å². The highest BCUT2D eigenvalue weighted by molar-refractivity contribution is 8.00. The number of pyridine rings is 4. The number of anilines is 1. The van der Waals surface area contributed by atoms with E-state index in [0.29, 0.717) is 39.6 Å². The van der Waals surface area contributed by atoms with Gasteiger partial charge in [-0.25, -0.2) is 18.7 Å². The van der Waals surface area contributed by atoms with Gasteiger partial charge in [-0.1, -0.05) is 0 Å². The third kappa shape index (κ3) is 4.37. The number of hydrogen-bond acceptors (Lipinski definition) is 8. The van der Waals surface area contributed by atoms with Crippen LogP contribution in [0.25, 0.3) is 33.4 Å². The number of rotatable bonds is 1. The summed E-state index contributed by atoms with van der Waals surface area (Å²) in [6, 6.07) is 11.1. The topological polar surface area (TPSA) is 102 Å². The van der Waals surface area contributed by atoms with E-state index < -0.39 is 17.5 Å². The number of aromatic nitrogens is 4. The molecule has 0 radical (unpaired) electrons. The molecule has 0 spiro atoms. The minimum atomic E-state index is -0.962. The summed E-state index contributed by atoms with van der Waals surface area (Å²) in [5.74, 6) is -2.20. The van der Waals surface area contributed by atoms with Crippen molar-refractivity contribution in [3.05, 3.63) is 90.0 Å². The fourth-order valence-corrected chi connectivity index (χ4v) is 4.85. The summed E-state index contributed by atoms with van der Waals surface area (Å²) in [6.45, 7) is 0.0896. The van der Waals surface area contributed by atoms with Crippen molar-refractivity contribution < 1.29 is 18.3 Å². The third-order valence-electron chi connectivity index (χ3n) is 6.02. The predicted molar refractivity (Wildman–Crippen MR) is 140 cm³/mol. The molecule has 8 bridgehead atoms. The van der Waals surface area contributed by atoms with Crippen LogP contribution in [0.1, 0.15) is 15.9 Å². The third-order valence-corrected chi connectivity index (χ3v) is 6.87. The first-order chi connectivity index (χ1) is 18.5. The van der Waals surface area contributed by atoms with E-state index in [9.17, 15) is 13.6 Å². The van der Waals surface area contributed by atoms with Gasteiger partial charge in [-0.15, -0.1) is 0 Å². The summed E-state index contributed by atoms with van der Waals surface area (Å²) in [5, 5.41) is 2.69. The molecular formula is C27H18F2N6O2S. The largest absolute Gasteiger partial charge is 0.480 e. The number of carbonyl (C=O) groups is 1. The summed E-state index contributed by atoms with van der Waals surface area (Å²) < 4.78 is 37.6. The Labute approximate surface area is 219 Å². The zero-order valence-corrected chi connectivity index (χ0v) is 20.6. The Hall–Kier alpha value is -4.64. The Balaban J connectivity index is 1.55. The van der Waals surface area contributed by atoms with Crippen LogP contribution < -0.4 is 14.8 Å². The van der Waals surface area contributed by atoms with Gasteiger partial charge in [0.1, 0.15) is 17.3 Å². The minimum Gasteiger partial charge on any atom is -0.480 e. The van der Waals surface area contributed by atoms with Crippen molar-refractivity contribution in [2.75, 3.05) is 11.8 Å². The van der Waals surface area contributed by atoms with E-state index in [1.54, 1.807) is 30.9 Å². The van der Waals surface area contributed by atoms with E-state index in [0.717, 1.165) is 29.1 Å². The van der Waals surface area contributed by atoms with E-state index in [1.165, 1.54) is 7.11 Å². The SMILES string of the molecule is COc1ncc2cc1NSc1cc(c(F)cc1F)C(=O)NCc1cncc(c1)-c1ccnc3ccc-2nc13. The highest BCUT2D eigenvalue weighted by Gasteiger charge is 2.19. The highest BCUT2D eigenvalue weighted by Crippen LogP contribution is 2.34. The molecule has 0 aliphatic carbocycles. The monoisotopic (exact) mass is 528 g/mol. The quantitative estimate of drug-likeness (QED) is 0.279. The molecule has 188 valence electrons. The number of fused-ring (bicyclic) bond motifs is 9. The van der Waals surface area contributed by atoms with Crippen LogP contribution in [0.2, 0.25) is 0 Å². The zero-order chi connectivity index (χ0) is 26.2. The molecule has 1 aliphatic rings. The number of ether oxygens (including phenoxy) is 1. The lowest BCUT2D eigenvalue weighted by Crippen LogP contribution is -2.24. The highest BCUT2D eigenvalue weighted by atomic mass is 32.2. The number of benzene rings is 1. The molecule has 0 unspecified atom stereocenters. The minimum absolute atomic E-state index is 0.0216. The molecule has 1 amide bonds. The smallest absolute Gasteiger partial charge is 0.254 e. The Bertz CT molecular complexity index is 1730. The lowest BCUT2D eigenvalue weighted by Gasteiger charge is -2.14. The van der Waals surface area contributed by atoms with Crippen molar-refractivity contribution in [1.82, 2.24) is 25.3 Å². The molecule has 1 aromatic carbocycles. The summed E-state index contributed by atoms with van der Waals surface area (Å²) in [4.78, 5) is 30.9. The van der Waals surface area contributed by atoms with Crippen LogP contribution in [0.3, 0.4) is 0 Å². The van der Waals surface area contributed by atoms with Gasteiger partial charge in [0.15, 0.2) is 0 Å². The van der Waals surface area contributed by atoms with Crippen LogP contribution in [0.15, 0.2) is 72.1 Å². The van der Waals surface area contributed by atoms with Crippen LogP contribution in [0.4, 0.5) is 14.5 Å². The van der Waals surface area contributed by atoms with Crippen LogP contribution in [0, 0.1) is 11.6 Å². The first-order valence-electron chi connectivity index (χ1n) is 11.4. The number of halogens is 2. The van der Waals surface area contributed by atoms with Gasteiger partial charge in [0.05, 0.1) is 34.3 Å². The molecule has 0 saturated carbocycles. The number of nitrogens with zero attached hydrogens (tertiary/aromatic N) is 4. The van der Waals surface area contributed by atoms with Gasteiger partial charge in [-0.2, -0.15) is 0 Å². The van der Waals surface area contributed by atoms with Crippen molar-refractivity contribution >= 4 is 34.6 Å². The zero-order valence-electron chi connectivity index (χ0n) is 19.8. The average molecular weight is 529 g/mol. The van der Waals surface area contributed by atoms with E-state index in [1.807, 2.05) is 24.3 Å². The van der Waals surface area contributed by atoms with Gasteiger partial charge in [0.2, 0.25) is 5.88 Å². The summed E-state index contributed by atoms with van der Waals surface area (Å²) in [5.41, 5.74) is 5.11. The maximum absolute atomic E-state index is 14.6. The molecule has 38 heavy (non-hydrogen) atoms. The van der Waals surface area contributed by atoms with Crippen molar-refractivity contribution in [3.63, 3.8) is 0 Å². The van der Waals surface area contributed by atoms with Gasteiger partial charge in [0, 0.05) is 54.1 Å². The molecule has 5 aromatic rings. The molecule has 1 aliphatic heterocycles. The summed E-state index contributed by atoms with van der Waals surface area (Å²) in [6.07, 6.45) is 6.64. The van der Waals surface area contributed by atoms with E-state index in [2.05, 4.69) is 25.0 Å². The van der Waals surface area contributed by atoms with Gasteiger partial charge in [-0.3, -0.25) is 14.8 Å². The first kappa shape index (κ1) is 23.7. The molecule has 8 nitrogen and oxygen atoms in total. The second-order valence-corrected chi connectivity index (χ2v) is 9.28. The molecule has 0 saturated heterocycles. The standard InChI is InChI=1S/C27H18F2N6O2S/c1-37-27-23-7-16(13-33-27)21-2-3-22-25(34-21)17(4-5-31-22)15-6-14(10-30-12-15)11-32-26(36)18-8-24(38-35-23)20(29)9-19(18)28/h2-10,12-13,35H,11H2,1H3,(H,32,36). The molecule has 4 aromatic heterocycles.